The molecular weight excluding hydrogens is 322 g/mol. The van der Waals surface area contributed by atoms with Gasteiger partial charge in [0.1, 0.15) is 13.2 Å². The number of carbonyl (C=O) groups is 1. The van der Waals surface area contributed by atoms with Crippen LogP contribution in [-0.2, 0) is 0 Å². The third kappa shape index (κ3) is 3.61. The van der Waals surface area contributed by atoms with Gasteiger partial charge in [-0.25, -0.2) is 0 Å². The molecule has 0 radical (unpaired) electrons. The summed E-state index contributed by atoms with van der Waals surface area (Å²) in [4.78, 5) is 12.6. The molecule has 1 aliphatic heterocycles. The van der Waals surface area contributed by atoms with E-state index in [0.29, 0.717) is 36.0 Å². The SMILES string of the molecule is CC[C@H](C)[C@@H](CO)NC(=O)c1cn[nH]c1-c1ccc2c(c1)OCCO2. The maximum atomic E-state index is 12.6. The molecular formula is C18H23N3O4. The quantitative estimate of drug-likeness (QED) is 0.744. The average Bonchev–Trinajstić information content (AvgIpc) is 3.14. The fraction of sp³-hybridized carbons (Fsp3) is 0.444. The van der Waals surface area contributed by atoms with Crippen LogP contribution in [0, 0.1) is 5.92 Å². The number of nitrogens with one attached hydrogen (secondary N) is 2. The number of hydrogen-bond donors (Lipinski definition) is 3. The highest BCUT2D eigenvalue weighted by molar-refractivity contribution is 6.00. The van der Waals surface area contributed by atoms with E-state index >= 15 is 0 Å². The topological polar surface area (TPSA) is 96.5 Å². The van der Waals surface area contributed by atoms with Crippen LogP contribution >= 0.6 is 0 Å². The highest BCUT2D eigenvalue weighted by Crippen LogP contribution is 2.34. The van der Waals surface area contributed by atoms with Gasteiger partial charge in [-0.2, -0.15) is 5.10 Å². The van der Waals surface area contributed by atoms with Gasteiger partial charge in [-0.05, 0) is 24.1 Å². The summed E-state index contributed by atoms with van der Waals surface area (Å²) in [6.07, 6.45) is 2.36. The number of rotatable bonds is 6. The van der Waals surface area contributed by atoms with Crippen LogP contribution in [0.2, 0.25) is 0 Å². The molecule has 1 aromatic carbocycles. The zero-order valence-corrected chi connectivity index (χ0v) is 14.4. The normalized spacial score (nSPS) is 15.5. The minimum Gasteiger partial charge on any atom is -0.486 e. The standard InChI is InChI=1S/C18H23N3O4/c1-3-11(2)14(10-22)20-18(23)13-9-19-21-17(13)12-4-5-15-16(8-12)25-7-6-24-15/h4-5,8-9,11,14,22H,3,6-7,10H2,1-2H3,(H,19,21)(H,20,23)/t11-,14+/m0/s1. The molecule has 3 N–H and O–H groups in total. The van der Waals surface area contributed by atoms with Gasteiger partial charge < -0.3 is 19.9 Å². The van der Waals surface area contributed by atoms with E-state index in [1.165, 1.54) is 6.20 Å². The highest BCUT2D eigenvalue weighted by atomic mass is 16.6. The van der Waals surface area contributed by atoms with Crippen molar-refractivity contribution < 1.29 is 19.4 Å². The number of amides is 1. The fourth-order valence-electron chi connectivity index (χ4n) is 2.78. The largest absolute Gasteiger partial charge is 0.486 e. The summed E-state index contributed by atoms with van der Waals surface area (Å²) in [5, 5.41) is 19.3. The zero-order chi connectivity index (χ0) is 17.8. The summed E-state index contributed by atoms with van der Waals surface area (Å²) in [7, 11) is 0. The van der Waals surface area contributed by atoms with Gasteiger partial charge in [0.15, 0.2) is 11.5 Å². The van der Waals surface area contributed by atoms with Crippen LogP contribution in [0.25, 0.3) is 11.3 Å². The third-order valence-electron chi connectivity index (χ3n) is 4.56. The Kier molecular flexibility index (Phi) is 5.23. The lowest BCUT2D eigenvalue weighted by atomic mass is 9.99. The van der Waals surface area contributed by atoms with Gasteiger partial charge in [0.2, 0.25) is 0 Å². The van der Waals surface area contributed by atoms with Crippen molar-refractivity contribution in [3.63, 3.8) is 0 Å². The fourth-order valence-corrected chi connectivity index (χ4v) is 2.78. The minimum atomic E-state index is -0.291. The first-order valence-electron chi connectivity index (χ1n) is 8.49. The van der Waals surface area contributed by atoms with Crippen LogP contribution in [0.1, 0.15) is 30.6 Å². The number of hydrogen-bond acceptors (Lipinski definition) is 5. The van der Waals surface area contributed by atoms with Crippen molar-refractivity contribution in [2.24, 2.45) is 5.92 Å². The van der Waals surface area contributed by atoms with Crippen molar-refractivity contribution in [3.8, 4) is 22.8 Å². The van der Waals surface area contributed by atoms with Crippen molar-refractivity contribution in [2.45, 2.75) is 26.3 Å². The van der Waals surface area contributed by atoms with Crippen LogP contribution in [0.15, 0.2) is 24.4 Å². The average molecular weight is 345 g/mol. The molecule has 0 fully saturated rings. The van der Waals surface area contributed by atoms with Crippen molar-refractivity contribution >= 4 is 5.91 Å². The summed E-state index contributed by atoms with van der Waals surface area (Å²) in [5.41, 5.74) is 1.82. The lowest BCUT2D eigenvalue weighted by Gasteiger charge is -2.22. The number of benzene rings is 1. The Morgan fingerprint density at radius 1 is 1.36 bits per heavy atom. The molecule has 0 spiro atoms. The molecule has 2 heterocycles. The Morgan fingerprint density at radius 2 is 2.12 bits per heavy atom. The number of carbonyl (C=O) groups excluding carboxylic acids is 1. The molecule has 1 aromatic heterocycles. The predicted octanol–water partition coefficient (Wildman–Crippen LogP) is 1.98. The lowest BCUT2D eigenvalue weighted by Crippen LogP contribution is -2.41. The van der Waals surface area contributed by atoms with E-state index in [4.69, 9.17) is 9.47 Å². The van der Waals surface area contributed by atoms with E-state index in [-0.39, 0.29) is 24.5 Å². The maximum absolute atomic E-state index is 12.6. The first kappa shape index (κ1) is 17.3. The first-order valence-corrected chi connectivity index (χ1v) is 8.49. The van der Waals surface area contributed by atoms with Gasteiger partial charge in [0, 0.05) is 5.56 Å². The summed E-state index contributed by atoms with van der Waals surface area (Å²) < 4.78 is 11.1. The summed E-state index contributed by atoms with van der Waals surface area (Å²) in [6.45, 7) is 4.95. The zero-order valence-electron chi connectivity index (χ0n) is 14.4. The second kappa shape index (κ2) is 7.57. The second-order valence-corrected chi connectivity index (χ2v) is 6.17. The molecule has 7 nitrogen and oxygen atoms in total. The number of nitrogens with zero attached hydrogens (tertiary/aromatic N) is 1. The Labute approximate surface area is 146 Å². The molecule has 0 bridgehead atoms. The van der Waals surface area contributed by atoms with Crippen LogP contribution < -0.4 is 14.8 Å². The van der Waals surface area contributed by atoms with E-state index in [1.807, 2.05) is 32.0 Å². The Hall–Kier alpha value is -2.54. The monoisotopic (exact) mass is 345 g/mol. The molecule has 7 heteroatoms. The number of fused-ring (bicyclic) bond motifs is 1. The van der Waals surface area contributed by atoms with Crippen LogP contribution in [0.5, 0.6) is 11.5 Å². The lowest BCUT2D eigenvalue weighted by molar-refractivity contribution is 0.0892. The number of H-pyrrole nitrogens is 1. The maximum Gasteiger partial charge on any atom is 0.255 e. The Bertz CT molecular complexity index is 744. The number of aliphatic hydroxyl groups excluding tert-OH is 1. The number of ether oxygens (including phenoxy) is 2. The smallest absolute Gasteiger partial charge is 0.255 e. The van der Waals surface area contributed by atoms with Gasteiger partial charge in [-0.15, -0.1) is 0 Å². The molecule has 1 amide bonds. The molecule has 1 aliphatic rings. The molecule has 2 atom stereocenters. The molecule has 3 rings (SSSR count). The third-order valence-corrected chi connectivity index (χ3v) is 4.56. The second-order valence-electron chi connectivity index (χ2n) is 6.17. The first-order chi connectivity index (χ1) is 12.1. The van der Waals surface area contributed by atoms with Crippen LogP contribution in [-0.4, -0.2) is 47.1 Å². The van der Waals surface area contributed by atoms with Gasteiger partial charge in [-0.1, -0.05) is 20.3 Å². The van der Waals surface area contributed by atoms with E-state index in [1.54, 1.807) is 0 Å². The molecule has 134 valence electrons. The van der Waals surface area contributed by atoms with E-state index in [0.717, 1.165) is 12.0 Å². The predicted molar refractivity (Wildman–Crippen MR) is 92.8 cm³/mol. The van der Waals surface area contributed by atoms with E-state index in [9.17, 15) is 9.90 Å². The Morgan fingerprint density at radius 3 is 2.84 bits per heavy atom. The number of aromatic nitrogens is 2. The minimum absolute atomic E-state index is 0.0993. The molecule has 0 saturated heterocycles. The molecule has 25 heavy (non-hydrogen) atoms. The van der Waals surface area contributed by atoms with Crippen LogP contribution in [0.3, 0.4) is 0 Å². The van der Waals surface area contributed by atoms with Gasteiger partial charge in [0.25, 0.3) is 5.91 Å². The van der Waals surface area contributed by atoms with E-state index in [2.05, 4.69) is 15.5 Å². The van der Waals surface area contributed by atoms with Crippen molar-refractivity contribution in [1.29, 1.82) is 0 Å². The van der Waals surface area contributed by atoms with Crippen molar-refractivity contribution in [1.82, 2.24) is 15.5 Å². The molecule has 0 unspecified atom stereocenters. The highest BCUT2D eigenvalue weighted by Gasteiger charge is 2.22. The molecule has 0 saturated carbocycles. The number of aliphatic hydroxyl groups is 1. The summed E-state index contributed by atoms with van der Waals surface area (Å²) >= 11 is 0. The van der Waals surface area contributed by atoms with Gasteiger partial charge in [0.05, 0.1) is 30.1 Å². The van der Waals surface area contributed by atoms with Gasteiger partial charge in [-0.3, -0.25) is 9.89 Å². The molecule has 0 aliphatic carbocycles. The number of aromatic amines is 1. The van der Waals surface area contributed by atoms with Gasteiger partial charge >= 0.3 is 0 Å². The summed E-state index contributed by atoms with van der Waals surface area (Å²) in [5.74, 6) is 1.26. The summed E-state index contributed by atoms with van der Waals surface area (Å²) in [6, 6.07) is 5.22. The van der Waals surface area contributed by atoms with Crippen LogP contribution in [0.4, 0.5) is 0 Å². The van der Waals surface area contributed by atoms with Crippen molar-refractivity contribution in [3.05, 3.63) is 30.0 Å². The van der Waals surface area contributed by atoms with Crippen molar-refractivity contribution in [2.75, 3.05) is 19.8 Å². The molecule has 2 aromatic rings. The van der Waals surface area contributed by atoms with E-state index < -0.39 is 0 Å². The Balaban J connectivity index is 1.84.